The number of ketones is 1. The van der Waals surface area contributed by atoms with Gasteiger partial charge >= 0.3 is 5.97 Å². The number of halogens is 1. The van der Waals surface area contributed by atoms with Crippen LogP contribution in [-0.2, 0) is 4.74 Å². The maximum atomic E-state index is 12.7. The molecule has 6 heteroatoms. The lowest BCUT2D eigenvalue weighted by atomic mass is 10.0. The van der Waals surface area contributed by atoms with Crippen molar-refractivity contribution in [2.24, 2.45) is 0 Å². The number of Topliss-reactive ketones (excluding diaryl/α,β-unsaturated/α-hetero) is 1. The number of aryl methyl sites for hydroxylation is 1. The summed E-state index contributed by atoms with van der Waals surface area (Å²) in [5.74, 6) is -0.875. The second kappa shape index (κ2) is 6.04. The molecule has 3 rings (SSSR count). The number of carbonyl (C=O) groups is 2. The minimum Gasteiger partial charge on any atom is -0.448 e. The monoisotopic (exact) mass is 375 g/mol. The lowest BCUT2D eigenvalue weighted by Crippen LogP contribution is -2.24. The molecule has 1 N–H and O–H groups in total. The molecule has 0 unspecified atom stereocenters. The van der Waals surface area contributed by atoms with Crippen molar-refractivity contribution in [2.75, 3.05) is 0 Å². The fraction of sp³-hybridized carbons (Fsp3) is 0.176. The van der Waals surface area contributed by atoms with Crippen LogP contribution in [0.2, 0.25) is 0 Å². The number of esters is 1. The summed E-state index contributed by atoms with van der Waals surface area (Å²) in [5.41, 5.74) is 2.17. The van der Waals surface area contributed by atoms with Gasteiger partial charge in [-0.2, -0.15) is 0 Å². The summed E-state index contributed by atoms with van der Waals surface area (Å²) in [6.45, 7) is 3.38. The molecule has 0 saturated carbocycles. The van der Waals surface area contributed by atoms with Gasteiger partial charge in [0.2, 0.25) is 11.5 Å². The van der Waals surface area contributed by atoms with Crippen LogP contribution in [0.15, 0.2) is 45.5 Å². The zero-order valence-electron chi connectivity index (χ0n) is 12.6. The molecule has 1 aromatic carbocycles. The molecule has 0 bridgehead atoms. The van der Waals surface area contributed by atoms with Crippen molar-refractivity contribution in [2.45, 2.75) is 20.0 Å². The molecule has 0 aliphatic heterocycles. The number of benzene rings is 1. The molecule has 0 fully saturated rings. The predicted octanol–water partition coefficient (Wildman–Crippen LogP) is 4.26. The summed E-state index contributed by atoms with van der Waals surface area (Å²) in [6.07, 6.45) is -0.913. The zero-order valence-corrected chi connectivity index (χ0v) is 14.1. The summed E-state index contributed by atoms with van der Waals surface area (Å²) in [6, 6.07) is 10.6. The Morgan fingerprint density at radius 3 is 2.65 bits per heavy atom. The molecular weight excluding hydrogens is 362 g/mol. The molecule has 23 heavy (non-hydrogen) atoms. The van der Waals surface area contributed by atoms with Gasteiger partial charge in [-0.15, -0.1) is 0 Å². The van der Waals surface area contributed by atoms with E-state index in [4.69, 9.17) is 9.15 Å². The highest BCUT2D eigenvalue weighted by molar-refractivity contribution is 9.10. The molecule has 3 aromatic rings. The Bertz CT molecular complexity index is 893. The molecule has 0 aliphatic carbocycles. The molecule has 5 nitrogen and oxygen atoms in total. The fourth-order valence-corrected chi connectivity index (χ4v) is 2.80. The first kappa shape index (κ1) is 15.6. The SMILES string of the molecule is Cc1[nH]c2ccccc2c1C(=O)[C@H](C)OC(=O)c1ccc(Br)o1. The van der Waals surface area contributed by atoms with Gasteiger partial charge < -0.3 is 14.1 Å². The Labute approximate surface area is 140 Å². The number of hydrogen-bond acceptors (Lipinski definition) is 4. The molecule has 0 aliphatic rings. The highest BCUT2D eigenvalue weighted by Gasteiger charge is 2.25. The summed E-state index contributed by atoms with van der Waals surface area (Å²) in [7, 11) is 0. The first-order valence-corrected chi connectivity index (χ1v) is 7.84. The van der Waals surface area contributed by atoms with E-state index in [2.05, 4.69) is 20.9 Å². The van der Waals surface area contributed by atoms with Crippen LogP contribution in [0.3, 0.4) is 0 Å². The van der Waals surface area contributed by atoms with E-state index in [9.17, 15) is 9.59 Å². The number of rotatable bonds is 4. The number of ether oxygens (including phenoxy) is 1. The van der Waals surface area contributed by atoms with Crippen molar-refractivity contribution in [3.63, 3.8) is 0 Å². The van der Waals surface area contributed by atoms with Crippen molar-refractivity contribution in [1.29, 1.82) is 0 Å². The summed E-state index contributed by atoms with van der Waals surface area (Å²) >= 11 is 3.12. The number of furan rings is 1. The second-order valence-corrected chi connectivity index (χ2v) is 5.97. The highest BCUT2D eigenvalue weighted by atomic mass is 79.9. The first-order chi connectivity index (χ1) is 11.0. The number of H-pyrrole nitrogens is 1. The van der Waals surface area contributed by atoms with Gasteiger partial charge in [0.15, 0.2) is 10.8 Å². The molecule has 0 spiro atoms. The van der Waals surface area contributed by atoms with Gasteiger partial charge in [-0.05, 0) is 48.0 Å². The Hall–Kier alpha value is -2.34. The van der Waals surface area contributed by atoms with E-state index in [1.54, 1.807) is 13.0 Å². The zero-order chi connectivity index (χ0) is 16.6. The Kier molecular flexibility index (Phi) is 4.09. The van der Waals surface area contributed by atoms with Crippen LogP contribution in [0.4, 0.5) is 0 Å². The number of fused-ring (bicyclic) bond motifs is 1. The lowest BCUT2D eigenvalue weighted by Gasteiger charge is -2.11. The van der Waals surface area contributed by atoms with Gasteiger partial charge in [0.25, 0.3) is 0 Å². The maximum Gasteiger partial charge on any atom is 0.374 e. The van der Waals surface area contributed by atoms with Crippen molar-refractivity contribution in [3.8, 4) is 0 Å². The molecule has 0 radical (unpaired) electrons. The number of para-hydroxylation sites is 1. The Morgan fingerprint density at radius 2 is 1.96 bits per heavy atom. The van der Waals surface area contributed by atoms with Gasteiger partial charge in [-0.1, -0.05) is 18.2 Å². The quantitative estimate of drug-likeness (QED) is 0.546. The molecular formula is C17H14BrNO4. The molecule has 118 valence electrons. The number of hydrogen-bond donors (Lipinski definition) is 1. The van der Waals surface area contributed by atoms with Crippen LogP contribution in [0.1, 0.15) is 33.5 Å². The second-order valence-electron chi connectivity index (χ2n) is 5.19. The first-order valence-electron chi connectivity index (χ1n) is 7.05. The van der Waals surface area contributed by atoms with Crippen LogP contribution in [0, 0.1) is 6.92 Å². The van der Waals surface area contributed by atoms with Gasteiger partial charge in [-0.25, -0.2) is 4.79 Å². The molecule has 0 saturated heterocycles. The van der Waals surface area contributed by atoms with Crippen LogP contribution in [0.5, 0.6) is 0 Å². The van der Waals surface area contributed by atoms with Gasteiger partial charge in [0.1, 0.15) is 0 Å². The minimum atomic E-state index is -0.913. The molecule has 1 atom stereocenters. The van der Waals surface area contributed by atoms with Crippen molar-refractivity contribution in [1.82, 2.24) is 4.98 Å². The van der Waals surface area contributed by atoms with Gasteiger partial charge in [0.05, 0.1) is 0 Å². The largest absolute Gasteiger partial charge is 0.448 e. The van der Waals surface area contributed by atoms with E-state index >= 15 is 0 Å². The topological polar surface area (TPSA) is 72.3 Å². The summed E-state index contributed by atoms with van der Waals surface area (Å²) in [4.78, 5) is 27.8. The average Bonchev–Trinajstić information content (AvgIpc) is 3.09. The number of aromatic nitrogens is 1. The van der Waals surface area contributed by atoms with Crippen LogP contribution >= 0.6 is 15.9 Å². The van der Waals surface area contributed by atoms with Crippen LogP contribution < -0.4 is 0 Å². The van der Waals surface area contributed by atoms with Crippen LogP contribution in [0.25, 0.3) is 10.9 Å². The maximum absolute atomic E-state index is 12.7. The normalized spacial score (nSPS) is 12.3. The van der Waals surface area contributed by atoms with E-state index in [1.165, 1.54) is 6.07 Å². The lowest BCUT2D eigenvalue weighted by molar-refractivity contribution is 0.0288. The molecule has 2 aromatic heterocycles. The third kappa shape index (κ3) is 2.94. The summed E-state index contributed by atoms with van der Waals surface area (Å²) < 4.78 is 10.8. The molecule has 2 heterocycles. The van der Waals surface area contributed by atoms with Gasteiger partial charge in [-0.3, -0.25) is 4.79 Å². The van der Waals surface area contributed by atoms with Gasteiger partial charge in [0, 0.05) is 22.2 Å². The minimum absolute atomic E-state index is 0.0483. The van der Waals surface area contributed by atoms with E-state index < -0.39 is 12.1 Å². The fourth-order valence-electron chi connectivity index (χ4n) is 2.49. The third-order valence-corrected chi connectivity index (χ3v) is 3.99. The number of carbonyl (C=O) groups excluding carboxylic acids is 2. The van der Waals surface area contributed by atoms with Crippen molar-refractivity contribution in [3.05, 3.63) is 58.1 Å². The number of aromatic amines is 1. The Balaban J connectivity index is 1.84. The standard InChI is InChI=1S/C17H14BrNO4/c1-9-15(11-5-3-4-6-12(11)19-9)16(20)10(2)22-17(21)13-7-8-14(18)23-13/h3-8,10,19H,1-2H3/t10-/m0/s1. The number of nitrogens with one attached hydrogen (secondary N) is 1. The smallest absolute Gasteiger partial charge is 0.374 e. The van der Waals surface area contributed by atoms with Crippen molar-refractivity contribution < 1.29 is 18.7 Å². The van der Waals surface area contributed by atoms with E-state index in [0.717, 1.165) is 16.6 Å². The average molecular weight is 376 g/mol. The summed E-state index contributed by atoms with van der Waals surface area (Å²) in [5, 5.41) is 0.818. The van der Waals surface area contributed by atoms with E-state index in [-0.39, 0.29) is 11.5 Å². The predicted molar refractivity (Wildman–Crippen MR) is 88.7 cm³/mol. The van der Waals surface area contributed by atoms with Crippen LogP contribution in [-0.4, -0.2) is 22.8 Å². The van der Waals surface area contributed by atoms with Crippen molar-refractivity contribution >= 4 is 38.6 Å². The third-order valence-electron chi connectivity index (χ3n) is 3.57. The molecule has 0 amide bonds. The van der Waals surface area contributed by atoms with E-state index in [1.807, 2.05) is 31.2 Å². The highest BCUT2D eigenvalue weighted by Crippen LogP contribution is 2.24. The van der Waals surface area contributed by atoms with E-state index in [0.29, 0.717) is 10.2 Å². The Morgan fingerprint density at radius 1 is 1.22 bits per heavy atom.